The van der Waals surface area contributed by atoms with Crippen LogP contribution in [-0.2, 0) is 12.8 Å². The number of hydrogen-bond donors (Lipinski definition) is 2. The van der Waals surface area contributed by atoms with Crippen molar-refractivity contribution in [3.05, 3.63) is 41.2 Å². The van der Waals surface area contributed by atoms with Crippen molar-refractivity contribution in [1.82, 2.24) is 14.9 Å². The predicted molar refractivity (Wildman–Crippen MR) is 132 cm³/mol. The fourth-order valence-corrected chi connectivity index (χ4v) is 5.24. The Morgan fingerprint density at radius 1 is 1.27 bits per heavy atom. The maximum Gasteiger partial charge on any atom is 0.252 e. The van der Waals surface area contributed by atoms with Crippen molar-refractivity contribution in [2.45, 2.75) is 39.0 Å². The summed E-state index contributed by atoms with van der Waals surface area (Å²) in [4.78, 5) is 25.3. The van der Waals surface area contributed by atoms with Gasteiger partial charge in [-0.15, -0.1) is 0 Å². The van der Waals surface area contributed by atoms with Gasteiger partial charge in [-0.05, 0) is 68.5 Å². The topological polar surface area (TPSA) is 87.5 Å². The van der Waals surface area contributed by atoms with E-state index in [1.165, 1.54) is 18.4 Å². The van der Waals surface area contributed by atoms with Gasteiger partial charge in [-0.3, -0.25) is 4.79 Å². The number of amides is 1. The van der Waals surface area contributed by atoms with Gasteiger partial charge in [0, 0.05) is 49.0 Å². The first-order valence-corrected chi connectivity index (χ1v) is 12.1. The average molecular weight is 448 g/mol. The SMILES string of the molecule is CCc1c[nH]c2c(C(N)=O)c(N(C)CCN3CCCC3)cc(-c3cnc4c(c3)CCCO4)c12. The predicted octanol–water partition coefficient (Wildman–Crippen LogP) is 3.75. The second kappa shape index (κ2) is 9.06. The molecule has 0 radical (unpaired) electrons. The molecule has 0 atom stereocenters. The molecular weight excluding hydrogens is 414 g/mol. The van der Waals surface area contributed by atoms with Crippen LogP contribution in [0.3, 0.4) is 0 Å². The molecule has 0 aliphatic carbocycles. The number of aromatic amines is 1. The van der Waals surface area contributed by atoms with Crippen LogP contribution in [0, 0.1) is 0 Å². The summed E-state index contributed by atoms with van der Waals surface area (Å²) >= 11 is 0. The third-order valence-electron chi connectivity index (χ3n) is 7.07. The molecule has 7 heteroatoms. The number of pyridine rings is 1. The van der Waals surface area contributed by atoms with Gasteiger partial charge in [0.05, 0.1) is 23.4 Å². The van der Waals surface area contributed by atoms with Gasteiger partial charge in [0.2, 0.25) is 5.88 Å². The van der Waals surface area contributed by atoms with Gasteiger partial charge in [0.1, 0.15) is 0 Å². The molecule has 0 unspecified atom stereocenters. The molecule has 5 rings (SSSR count). The number of anilines is 1. The highest BCUT2D eigenvalue weighted by atomic mass is 16.5. The lowest BCUT2D eigenvalue weighted by Crippen LogP contribution is -2.32. The van der Waals surface area contributed by atoms with Gasteiger partial charge in [-0.2, -0.15) is 0 Å². The fourth-order valence-electron chi connectivity index (χ4n) is 5.24. The minimum absolute atomic E-state index is 0.406. The molecule has 7 nitrogen and oxygen atoms in total. The lowest BCUT2D eigenvalue weighted by Gasteiger charge is -2.26. The van der Waals surface area contributed by atoms with Crippen molar-refractivity contribution in [1.29, 1.82) is 0 Å². The second-order valence-corrected chi connectivity index (χ2v) is 9.21. The van der Waals surface area contributed by atoms with Gasteiger partial charge in [-0.1, -0.05) is 6.92 Å². The quantitative estimate of drug-likeness (QED) is 0.576. The van der Waals surface area contributed by atoms with Crippen LogP contribution in [0.25, 0.3) is 22.0 Å². The number of fused-ring (bicyclic) bond motifs is 2. The standard InChI is InChI=1S/C26H33N5O2/c1-3-17-15-28-24-22(17)20(19-13-18-7-6-12-33-26(18)29-16-19)14-21(23(24)25(27)32)30(2)10-11-31-8-4-5-9-31/h13-16,28H,3-12H2,1-2H3,(H2,27,32). The van der Waals surface area contributed by atoms with Crippen LogP contribution < -0.4 is 15.4 Å². The van der Waals surface area contributed by atoms with Gasteiger partial charge in [-0.25, -0.2) is 4.98 Å². The average Bonchev–Trinajstić information content (AvgIpc) is 3.51. The molecule has 0 spiro atoms. The number of aromatic nitrogens is 2. The van der Waals surface area contributed by atoms with Crippen LogP contribution in [-0.4, -0.2) is 60.6 Å². The summed E-state index contributed by atoms with van der Waals surface area (Å²) in [6.45, 7) is 6.97. The molecule has 4 heterocycles. The molecule has 0 bridgehead atoms. The molecular formula is C26H33N5O2. The molecule has 2 aliphatic rings. The number of benzene rings is 1. The van der Waals surface area contributed by atoms with Crippen LogP contribution in [0.4, 0.5) is 5.69 Å². The van der Waals surface area contributed by atoms with Crippen molar-refractivity contribution < 1.29 is 9.53 Å². The van der Waals surface area contributed by atoms with E-state index in [2.05, 4.69) is 45.9 Å². The van der Waals surface area contributed by atoms with Crippen LogP contribution in [0.2, 0.25) is 0 Å². The van der Waals surface area contributed by atoms with Crippen LogP contribution in [0.15, 0.2) is 24.5 Å². The summed E-state index contributed by atoms with van der Waals surface area (Å²) in [6.07, 6.45) is 9.26. The van der Waals surface area contributed by atoms with Crippen LogP contribution in [0.5, 0.6) is 5.88 Å². The number of nitrogens with one attached hydrogen (secondary N) is 1. The van der Waals surface area contributed by atoms with Crippen LogP contribution >= 0.6 is 0 Å². The molecule has 1 fully saturated rings. The number of rotatable bonds is 7. The Balaban J connectivity index is 1.63. The van der Waals surface area contributed by atoms with Crippen LogP contribution in [0.1, 0.15) is 47.7 Å². The molecule has 1 amide bonds. The first-order valence-electron chi connectivity index (χ1n) is 12.1. The molecule has 174 valence electrons. The van der Waals surface area contributed by atoms with Crippen molar-refractivity contribution in [3.63, 3.8) is 0 Å². The number of carbonyl (C=O) groups excluding carboxylic acids is 1. The van der Waals surface area contributed by atoms with Crippen molar-refractivity contribution in [3.8, 4) is 17.0 Å². The van der Waals surface area contributed by atoms with Gasteiger partial charge >= 0.3 is 0 Å². The number of ether oxygens (including phenoxy) is 1. The van der Waals surface area contributed by atoms with E-state index in [4.69, 9.17) is 10.5 Å². The molecule has 3 N–H and O–H groups in total. The number of H-pyrrole nitrogens is 1. The van der Waals surface area contributed by atoms with Crippen molar-refractivity contribution in [2.24, 2.45) is 5.73 Å². The Bertz CT molecular complexity index is 1180. The number of nitrogens with zero attached hydrogens (tertiary/aromatic N) is 3. The first-order chi connectivity index (χ1) is 16.1. The molecule has 3 aromatic rings. The number of likely N-dealkylation sites (N-methyl/N-ethyl adjacent to an activating group) is 1. The minimum Gasteiger partial charge on any atom is -0.477 e. The molecule has 0 saturated carbocycles. The highest BCUT2D eigenvalue weighted by Crippen LogP contribution is 2.40. The maximum atomic E-state index is 12.7. The van der Waals surface area contributed by atoms with Crippen molar-refractivity contribution in [2.75, 3.05) is 44.7 Å². The number of hydrogen-bond acceptors (Lipinski definition) is 5. The third kappa shape index (κ3) is 4.06. The highest BCUT2D eigenvalue weighted by molar-refractivity contribution is 6.14. The molecule has 2 aliphatic heterocycles. The van der Waals surface area contributed by atoms with E-state index < -0.39 is 5.91 Å². The smallest absolute Gasteiger partial charge is 0.252 e. The molecule has 33 heavy (non-hydrogen) atoms. The van der Waals surface area contributed by atoms with E-state index >= 15 is 0 Å². The van der Waals surface area contributed by atoms with Gasteiger partial charge in [0.15, 0.2) is 0 Å². The summed E-state index contributed by atoms with van der Waals surface area (Å²) < 4.78 is 5.73. The monoisotopic (exact) mass is 447 g/mol. The van der Waals surface area contributed by atoms with E-state index in [-0.39, 0.29) is 0 Å². The Hall–Kier alpha value is -3.06. The largest absolute Gasteiger partial charge is 0.477 e. The summed E-state index contributed by atoms with van der Waals surface area (Å²) in [7, 11) is 2.05. The lowest BCUT2D eigenvalue weighted by molar-refractivity contribution is 0.100. The Labute approximate surface area is 194 Å². The van der Waals surface area contributed by atoms with Gasteiger partial charge in [0.25, 0.3) is 5.91 Å². The Kier molecular flexibility index (Phi) is 5.98. The Morgan fingerprint density at radius 2 is 2.09 bits per heavy atom. The minimum atomic E-state index is -0.406. The fraction of sp³-hybridized carbons (Fsp3) is 0.462. The first kappa shape index (κ1) is 21.8. The van der Waals surface area contributed by atoms with E-state index in [9.17, 15) is 4.79 Å². The second-order valence-electron chi connectivity index (χ2n) is 9.21. The number of nitrogens with two attached hydrogens (primary N) is 1. The van der Waals surface area contributed by atoms with Gasteiger partial charge < -0.3 is 25.3 Å². The summed E-state index contributed by atoms with van der Waals surface area (Å²) in [5.41, 5.74) is 12.6. The highest BCUT2D eigenvalue weighted by Gasteiger charge is 2.24. The Morgan fingerprint density at radius 3 is 2.85 bits per heavy atom. The summed E-state index contributed by atoms with van der Waals surface area (Å²) in [5, 5.41) is 1.06. The molecule has 1 aromatic carbocycles. The van der Waals surface area contributed by atoms with Crippen molar-refractivity contribution >= 4 is 22.5 Å². The zero-order chi connectivity index (χ0) is 22.9. The zero-order valence-electron chi connectivity index (χ0n) is 19.6. The molecule has 1 saturated heterocycles. The third-order valence-corrected chi connectivity index (χ3v) is 7.07. The lowest BCUT2D eigenvalue weighted by atomic mass is 9.93. The number of primary amides is 1. The normalized spacial score (nSPS) is 16.1. The summed E-state index contributed by atoms with van der Waals surface area (Å²) in [5.74, 6) is 0.332. The maximum absolute atomic E-state index is 12.7. The number of carbonyl (C=O) groups is 1. The van der Waals surface area contributed by atoms with E-state index in [0.29, 0.717) is 5.56 Å². The number of aryl methyl sites for hydroxylation is 2. The van der Waals surface area contributed by atoms with E-state index in [0.717, 1.165) is 91.2 Å². The molecule has 2 aromatic heterocycles. The number of likely N-dealkylation sites (tertiary alicyclic amines) is 1. The van der Waals surface area contributed by atoms with E-state index in [1.54, 1.807) is 0 Å². The summed E-state index contributed by atoms with van der Waals surface area (Å²) in [6, 6.07) is 4.33. The zero-order valence-corrected chi connectivity index (χ0v) is 19.6. The van der Waals surface area contributed by atoms with E-state index in [1.807, 2.05) is 12.4 Å².